The maximum Gasteiger partial charge on any atom is 0.242 e. The van der Waals surface area contributed by atoms with Crippen molar-refractivity contribution in [1.82, 2.24) is 15.0 Å². The van der Waals surface area contributed by atoms with Gasteiger partial charge in [-0.05, 0) is 25.5 Å². The van der Waals surface area contributed by atoms with Crippen molar-refractivity contribution in [2.24, 2.45) is 0 Å². The second-order valence-corrected chi connectivity index (χ2v) is 5.91. The van der Waals surface area contributed by atoms with E-state index in [2.05, 4.69) is 15.0 Å². The number of ether oxygens (including phenoxy) is 1. The van der Waals surface area contributed by atoms with E-state index in [4.69, 9.17) is 4.74 Å². The molecule has 0 amide bonds. The van der Waals surface area contributed by atoms with E-state index >= 15 is 0 Å². The molecule has 1 aliphatic rings. The number of hydrogen-bond acceptors (Lipinski definition) is 5. The van der Waals surface area contributed by atoms with Gasteiger partial charge in [-0.3, -0.25) is 0 Å². The lowest BCUT2D eigenvalue weighted by molar-refractivity contribution is 0.397. The lowest BCUT2D eigenvalue weighted by Gasteiger charge is -2.23. The van der Waals surface area contributed by atoms with E-state index < -0.39 is 10.0 Å². The number of aromatic nitrogens is 1. The lowest BCUT2D eigenvalue weighted by atomic mass is 10.1. The number of nitrogens with one attached hydrogen (secondary N) is 2. The average molecular weight is 308 g/mol. The van der Waals surface area contributed by atoms with Gasteiger partial charge in [-0.1, -0.05) is 0 Å². The van der Waals surface area contributed by atoms with Gasteiger partial charge >= 0.3 is 0 Å². The molecule has 108 valence electrons. The molecule has 8 heteroatoms. The van der Waals surface area contributed by atoms with Crippen molar-refractivity contribution in [2.75, 3.05) is 20.2 Å². The first-order valence-corrected chi connectivity index (χ1v) is 7.33. The van der Waals surface area contributed by atoms with E-state index in [1.54, 1.807) is 0 Å². The van der Waals surface area contributed by atoms with Crippen molar-refractivity contribution in [3.05, 3.63) is 18.3 Å². The summed E-state index contributed by atoms with van der Waals surface area (Å²) in [6.07, 6.45) is 3.14. The molecule has 1 aromatic heterocycles. The number of pyridine rings is 1. The summed E-state index contributed by atoms with van der Waals surface area (Å²) >= 11 is 0. The van der Waals surface area contributed by atoms with Crippen LogP contribution in [-0.2, 0) is 10.0 Å². The van der Waals surface area contributed by atoms with Crippen LogP contribution in [-0.4, -0.2) is 39.6 Å². The van der Waals surface area contributed by atoms with Crippen molar-refractivity contribution in [1.29, 1.82) is 0 Å². The van der Waals surface area contributed by atoms with Gasteiger partial charge in [0.25, 0.3) is 0 Å². The zero-order valence-electron chi connectivity index (χ0n) is 10.6. The topological polar surface area (TPSA) is 80.3 Å². The number of sulfonamides is 1. The van der Waals surface area contributed by atoms with Crippen LogP contribution in [0, 0.1) is 0 Å². The highest BCUT2D eigenvalue weighted by Crippen LogP contribution is 2.13. The Labute approximate surface area is 119 Å². The molecule has 0 aliphatic carbocycles. The number of rotatable bonds is 4. The minimum atomic E-state index is -3.49. The smallest absolute Gasteiger partial charge is 0.242 e. The maximum atomic E-state index is 12.1. The van der Waals surface area contributed by atoms with E-state index in [1.165, 1.54) is 25.4 Å². The number of piperidine rings is 1. The van der Waals surface area contributed by atoms with Gasteiger partial charge in [0.2, 0.25) is 15.9 Å². The first-order valence-electron chi connectivity index (χ1n) is 5.85. The molecule has 1 atom stereocenters. The molecule has 19 heavy (non-hydrogen) atoms. The Morgan fingerprint density at radius 3 is 2.79 bits per heavy atom. The van der Waals surface area contributed by atoms with Crippen LogP contribution in [0.3, 0.4) is 0 Å². The van der Waals surface area contributed by atoms with E-state index in [0.29, 0.717) is 12.4 Å². The third-order valence-corrected chi connectivity index (χ3v) is 4.35. The van der Waals surface area contributed by atoms with E-state index in [9.17, 15) is 8.42 Å². The molecule has 1 aliphatic heterocycles. The van der Waals surface area contributed by atoms with Crippen molar-refractivity contribution in [3.63, 3.8) is 0 Å². The van der Waals surface area contributed by atoms with E-state index in [0.717, 1.165) is 19.4 Å². The second-order valence-electron chi connectivity index (χ2n) is 4.20. The molecule has 0 unspecified atom stereocenters. The lowest BCUT2D eigenvalue weighted by Crippen LogP contribution is -2.45. The third kappa shape index (κ3) is 4.31. The number of halogens is 1. The molecule has 0 aromatic carbocycles. The monoisotopic (exact) mass is 307 g/mol. The average Bonchev–Trinajstić information content (AvgIpc) is 2.39. The molecule has 1 saturated heterocycles. The van der Waals surface area contributed by atoms with Gasteiger partial charge in [0.05, 0.1) is 13.3 Å². The molecule has 0 saturated carbocycles. The minimum absolute atomic E-state index is 0. The van der Waals surface area contributed by atoms with Gasteiger partial charge < -0.3 is 10.1 Å². The normalized spacial score (nSPS) is 19.5. The highest BCUT2D eigenvalue weighted by molar-refractivity contribution is 7.89. The van der Waals surface area contributed by atoms with E-state index in [1.807, 2.05) is 0 Å². The molecule has 0 spiro atoms. The predicted molar refractivity (Wildman–Crippen MR) is 74.3 cm³/mol. The molecule has 6 nitrogen and oxygen atoms in total. The zero-order chi connectivity index (χ0) is 13.0. The summed E-state index contributed by atoms with van der Waals surface area (Å²) in [6, 6.07) is 2.98. The Hall–Kier alpha value is -0.890. The third-order valence-electron chi connectivity index (χ3n) is 2.85. The summed E-state index contributed by atoms with van der Waals surface area (Å²) in [5.74, 6) is 0.397. The van der Waals surface area contributed by atoms with Crippen molar-refractivity contribution < 1.29 is 13.2 Å². The van der Waals surface area contributed by atoms with Crippen LogP contribution < -0.4 is 14.8 Å². The fraction of sp³-hybridized carbons (Fsp3) is 0.545. The SMILES string of the molecule is COc1ccc(S(=O)(=O)N[C@@H]2CCCNC2)cn1.Cl. The van der Waals surface area contributed by atoms with Crippen molar-refractivity contribution >= 4 is 22.4 Å². The van der Waals surface area contributed by atoms with Gasteiger partial charge in [-0.2, -0.15) is 0 Å². The molecule has 1 fully saturated rings. The van der Waals surface area contributed by atoms with E-state index in [-0.39, 0.29) is 23.3 Å². The van der Waals surface area contributed by atoms with Gasteiger partial charge in [-0.15, -0.1) is 12.4 Å². The van der Waals surface area contributed by atoms with Gasteiger partial charge in [-0.25, -0.2) is 18.1 Å². The molecule has 1 aromatic rings. The van der Waals surface area contributed by atoms with Crippen LogP contribution >= 0.6 is 12.4 Å². The highest BCUT2D eigenvalue weighted by Gasteiger charge is 2.21. The summed E-state index contributed by atoms with van der Waals surface area (Å²) in [6.45, 7) is 1.62. The first-order chi connectivity index (χ1) is 8.62. The molecule has 0 bridgehead atoms. The summed E-state index contributed by atoms with van der Waals surface area (Å²) < 4.78 is 31.7. The van der Waals surface area contributed by atoms with Gasteiger partial charge in [0.1, 0.15) is 4.90 Å². The summed E-state index contributed by atoms with van der Waals surface area (Å²) in [4.78, 5) is 4.06. The fourth-order valence-electron chi connectivity index (χ4n) is 1.89. The van der Waals surface area contributed by atoms with Crippen LogP contribution in [0.1, 0.15) is 12.8 Å². The number of nitrogens with zero attached hydrogens (tertiary/aromatic N) is 1. The highest BCUT2D eigenvalue weighted by atomic mass is 35.5. The predicted octanol–water partition coefficient (Wildman–Crippen LogP) is 0.542. The van der Waals surface area contributed by atoms with Crippen LogP contribution in [0.2, 0.25) is 0 Å². The standard InChI is InChI=1S/C11H17N3O3S.ClH/c1-17-11-5-4-10(8-13-11)18(15,16)14-9-3-2-6-12-7-9;/h4-5,8-9,12,14H,2-3,6-7H2,1H3;1H/t9-;/m1./s1. The molecule has 2 N–H and O–H groups in total. The van der Waals surface area contributed by atoms with Gasteiger partial charge in [0, 0.05) is 18.7 Å². The molecule has 0 radical (unpaired) electrons. The molecule has 2 rings (SSSR count). The van der Waals surface area contributed by atoms with Crippen molar-refractivity contribution in [3.8, 4) is 5.88 Å². The van der Waals surface area contributed by atoms with Crippen LogP contribution in [0.15, 0.2) is 23.2 Å². The molecular formula is C11H18ClN3O3S. The Balaban J connectivity index is 0.00000180. The number of hydrogen-bond donors (Lipinski definition) is 2. The first kappa shape index (κ1) is 16.2. The quantitative estimate of drug-likeness (QED) is 0.849. The largest absolute Gasteiger partial charge is 0.481 e. The van der Waals surface area contributed by atoms with Crippen LogP contribution in [0.5, 0.6) is 5.88 Å². The Bertz CT molecular complexity index is 486. The Morgan fingerprint density at radius 1 is 1.47 bits per heavy atom. The summed E-state index contributed by atoms with van der Waals surface area (Å²) in [5.41, 5.74) is 0. The Morgan fingerprint density at radius 2 is 2.26 bits per heavy atom. The van der Waals surface area contributed by atoms with Crippen molar-refractivity contribution in [2.45, 2.75) is 23.8 Å². The molecule has 2 heterocycles. The molecular weight excluding hydrogens is 290 g/mol. The van der Waals surface area contributed by atoms with Gasteiger partial charge in [0.15, 0.2) is 0 Å². The fourth-order valence-corrected chi connectivity index (χ4v) is 3.10. The zero-order valence-corrected chi connectivity index (χ0v) is 12.3. The Kier molecular flexibility index (Phi) is 5.99. The summed E-state index contributed by atoms with van der Waals surface area (Å²) in [7, 11) is -2.00. The minimum Gasteiger partial charge on any atom is -0.481 e. The number of methoxy groups -OCH3 is 1. The van der Waals surface area contributed by atoms with Crippen LogP contribution in [0.4, 0.5) is 0 Å². The second kappa shape index (κ2) is 7.04. The van der Waals surface area contributed by atoms with Crippen LogP contribution in [0.25, 0.3) is 0 Å². The maximum absolute atomic E-state index is 12.1. The summed E-state index contributed by atoms with van der Waals surface area (Å²) in [5, 5.41) is 3.16.